The Kier molecular flexibility index (Phi) is 2.77. The summed E-state index contributed by atoms with van der Waals surface area (Å²) in [7, 11) is 0. The normalized spacial score (nSPS) is 29.9. The van der Waals surface area contributed by atoms with Crippen LogP contribution in [0.3, 0.4) is 0 Å². The first-order chi connectivity index (χ1) is 9.13. The van der Waals surface area contributed by atoms with Crippen molar-refractivity contribution in [2.45, 2.75) is 26.2 Å². The number of pyridine rings is 1. The van der Waals surface area contributed by atoms with Crippen molar-refractivity contribution in [1.82, 2.24) is 4.98 Å². The first kappa shape index (κ1) is 12.1. The molecule has 2 fully saturated rings. The van der Waals surface area contributed by atoms with Crippen molar-refractivity contribution < 1.29 is 9.59 Å². The van der Waals surface area contributed by atoms with Gasteiger partial charge in [-0.2, -0.15) is 0 Å². The van der Waals surface area contributed by atoms with Crippen molar-refractivity contribution >= 4 is 23.2 Å². The van der Waals surface area contributed by atoms with Gasteiger partial charge in [0.05, 0.1) is 29.4 Å². The predicted molar refractivity (Wildman–Crippen MR) is 71.1 cm³/mol. The summed E-state index contributed by atoms with van der Waals surface area (Å²) in [6.07, 6.45) is 5.71. The van der Waals surface area contributed by atoms with E-state index in [0.29, 0.717) is 17.3 Å². The number of nitrogens with two attached hydrogens (primary N) is 1. The summed E-state index contributed by atoms with van der Waals surface area (Å²) in [6, 6.07) is 1.63. The molecule has 2 amide bonds. The number of imide groups is 1. The minimum Gasteiger partial charge on any atom is -0.396 e. The van der Waals surface area contributed by atoms with Gasteiger partial charge in [0.15, 0.2) is 0 Å². The van der Waals surface area contributed by atoms with Crippen molar-refractivity contribution in [3.05, 3.63) is 18.5 Å². The maximum Gasteiger partial charge on any atom is 0.237 e. The van der Waals surface area contributed by atoms with Gasteiger partial charge in [0, 0.05) is 6.20 Å². The molecule has 0 aromatic carbocycles. The van der Waals surface area contributed by atoms with Crippen molar-refractivity contribution in [2.24, 2.45) is 17.8 Å². The van der Waals surface area contributed by atoms with Crippen molar-refractivity contribution in [3.63, 3.8) is 0 Å². The number of hydrogen-bond donors (Lipinski definition) is 1. The van der Waals surface area contributed by atoms with E-state index in [0.717, 1.165) is 19.3 Å². The Morgan fingerprint density at radius 1 is 1.32 bits per heavy atom. The van der Waals surface area contributed by atoms with Crippen LogP contribution in [0.2, 0.25) is 0 Å². The van der Waals surface area contributed by atoms with Crippen LogP contribution in [0.5, 0.6) is 0 Å². The molecule has 2 atom stereocenters. The number of aromatic nitrogens is 1. The molecule has 0 radical (unpaired) electrons. The van der Waals surface area contributed by atoms with Gasteiger partial charge in [0.1, 0.15) is 0 Å². The second-order valence-electron chi connectivity index (χ2n) is 5.41. The van der Waals surface area contributed by atoms with Crippen molar-refractivity contribution in [3.8, 4) is 0 Å². The molecular weight excluding hydrogens is 242 g/mol. The van der Waals surface area contributed by atoms with Crippen LogP contribution in [-0.4, -0.2) is 16.8 Å². The molecule has 100 valence electrons. The van der Waals surface area contributed by atoms with Crippen LogP contribution >= 0.6 is 0 Å². The molecule has 0 bridgehead atoms. The average molecular weight is 259 g/mol. The standard InChI is InChI=1S/C14H17N3O2/c1-2-8-5-9-10(6-8)14(19)17(13(9)18)12-3-4-16-7-11(12)15/h3-4,7-10H,2,5-6,15H2,1H3. The minimum absolute atomic E-state index is 0.0937. The number of anilines is 2. The Morgan fingerprint density at radius 2 is 1.95 bits per heavy atom. The number of hydrogen-bond acceptors (Lipinski definition) is 4. The average Bonchev–Trinajstić information content (AvgIpc) is 2.92. The van der Waals surface area contributed by atoms with Gasteiger partial charge in [0.25, 0.3) is 0 Å². The molecule has 2 unspecified atom stereocenters. The van der Waals surface area contributed by atoms with Crippen LogP contribution in [0, 0.1) is 17.8 Å². The summed E-state index contributed by atoms with van der Waals surface area (Å²) < 4.78 is 0. The Balaban J connectivity index is 1.93. The second kappa shape index (κ2) is 4.33. The summed E-state index contributed by atoms with van der Waals surface area (Å²) >= 11 is 0. The van der Waals surface area contributed by atoms with E-state index in [1.165, 1.54) is 11.1 Å². The largest absolute Gasteiger partial charge is 0.396 e. The number of amides is 2. The molecule has 1 aliphatic carbocycles. The lowest BCUT2D eigenvalue weighted by Gasteiger charge is -2.18. The van der Waals surface area contributed by atoms with Gasteiger partial charge >= 0.3 is 0 Å². The zero-order chi connectivity index (χ0) is 13.6. The number of nitrogen functional groups attached to an aromatic ring is 1. The van der Waals surface area contributed by atoms with Gasteiger partial charge in [-0.1, -0.05) is 13.3 Å². The zero-order valence-electron chi connectivity index (χ0n) is 10.9. The molecular formula is C14H17N3O2. The number of fused-ring (bicyclic) bond motifs is 1. The number of nitrogens with zero attached hydrogens (tertiary/aromatic N) is 2. The lowest BCUT2D eigenvalue weighted by atomic mass is 10.00. The molecule has 19 heavy (non-hydrogen) atoms. The van der Waals surface area contributed by atoms with Crippen LogP contribution in [0.15, 0.2) is 18.5 Å². The SMILES string of the molecule is CCC1CC2C(=O)N(c3ccncc3N)C(=O)C2C1. The third-order valence-corrected chi connectivity index (χ3v) is 4.38. The third kappa shape index (κ3) is 1.72. The van der Waals surface area contributed by atoms with E-state index in [9.17, 15) is 9.59 Å². The van der Waals surface area contributed by atoms with Gasteiger partial charge in [-0.05, 0) is 24.8 Å². The fourth-order valence-corrected chi connectivity index (χ4v) is 3.30. The van der Waals surface area contributed by atoms with Gasteiger partial charge in [-0.15, -0.1) is 0 Å². The van der Waals surface area contributed by atoms with Crippen LogP contribution in [0.4, 0.5) is 11.4 Å². The first-order valence-electron chi connectivity index (χ1n) is 6.70. The van der Waals surface area contributed by atoms with Crippen LogP contribution < -0.4 is 10.6 Å². The predicted octanol–water partition coefficient (Wildman–Crippen LogP) is 1.59. The summed E-state index contributed by atoms with van der Waals surface area (Å²) in [5, 5.41) is 0. The summed E-state index contributed by atoms with van der Waals surface area (Å²) in [6.45, 7) is 2.11. The summed E-state index contributed by atoms with van der Waals surface area (Å²) in [5.74, 6) is 0.0163. The highest BCUT2D eigenvalue weighted by Gasteiger charge is 2.52. The Morgan fingerprint density at radius 3 is 2.47 bits per heavy atom. The zero-order valence-corrected chi connectivity index (χ0v) is 10.9. The van der Waals surface area contributed by atoms with E-state index in [1.54, 1.807) is 12.3 Å². The Hall–Kier alpha value is -1.91. The monoisotopic (exact) mass is 259 g/mol. The smallest absolute Gasteiger partial charge is 0.237 e. The van der Waals surface area contributed by atoms with Gasteiger partial charge in [0.2, 0.25) is 11.8 Å². The lowest BCUT2D eigenvalue weighted by Crippen LogP contribution is -2.32. The molecule has 2 N–H and O–H groups in total. The highest BCUT2D eigenvalue weighted by atomic mass is 16.2. The molecule has 5 nitrogen and oxygen atoms in total. The highest BCUT2D eigenvalue weighted by Crippen LogP contribution is 2.46. The molecule has 1 aliphatic heterocycles. The van der Waals surface area contributed by atoms with E-state index in [2.05, 4.69) is 11.9 Å². The fraction of sp³-hybridized carbons (Fsp3) is 0.500. The molecule has 2 aliphatic rings. The van der Waals surface area contributed by atoms with E-state index < -0.39 is 0 Å². The van der Waals surface area contributed by atoms with Gasteiger partial charge in [-0.25, -0.2) is 4.90 Å². The molecule has 3 rings (SSSR count). The molecule has 1 aromatic rings. The molecule has 0 spiro atoms. The summed E-state index contributed by atoms with van der Waals surface area (Å²) in [4.78, 5) is 30.0. The molecule has 2 heterocycles. The topological polar surface area (TPSA) is 76.3 Å². The van der Waals surface area contributed by atoms with Crippen LogP contribution in [-0.2, 0) is 9.59 Å². The number of carbonyl (C=O) groups excluding carboxylic acids is 2. The molecule has 5 heteroatoms. The third-order valence-electron chi connectivity index (χ3n) is 4.38. The number of carbonyl (C=O) groups is 2. The second-order valence-corrected chi connectivity index (χ2v) is 5.41. The molecule has 1 saturated heterocycles. The Bertz CT molecular complexity index is 519. The maximum absolute atomic E-state index is 12.4. The number of rotatable bonds is 2. The van der Waals surface area contributed by atoms with E-state index in [4.69, 9.17) is 5.73 Å². The summed E-state index contributed by atoms with van der Waals surface area (Å²) in [5.41, 5.74) is 6.67. The quantitative estimate of drug-likeness (QED) is 0.818. The maximum atomic E-state index is 12.4. The van der Waals surface area contributed by atoms with E-state index in [-0.39, 0.29) is 23.7 Å². The van der Waals surface area contributed by atoms with Crippen molar-refractivity contribution in [1.29, 1.82) is 0 Å². The Labute approximate surface area is 111 Å². The fourth-order valence-electron chi connectivity index (χ4n) is 3.30. The van der Waals surface area contributed by atoms with Crippen molar-refractivity contribution in [2.75, 3.05) is 10.6 Å². The lowest BCUT2D eigenvalue weighted by molar-refractivity contribution is -0.123. The first-order valence-corrected chi connectivity index (χ1v) is 6.70. The van der Waals surface area contributed by atoms with E-state index in [1.807, 2.05) is 0 Å². The van der Waals surface area contributed by atoms with Gasteiger partial charge in [-0.3, -0.25) is 14.6 Å². The van der Waals surface area contributed by atoms with E-state index >= 15 is 0 Å². The van der Waals surface area contributed by atoms with Crippen LogP contribution in [0.1, 0.15) is 26.2 Å². The molecule has 1 saturated carbocycles. The molecule has 1 aromatic heterocycles. The minimum atomic E-state index is -0.148. The van der Waals surface area contributed by atoms with Crippen LogP contribution in [0.25, 0.3) is 0 Å². The highest BCUT2D eigenvalue weighted by molar-refractivity contribution is 6.23. The van der Waals surface area contributed by atoms with Gasteiger partial charge < -0.3 is 5.73 Å².